The van der Waals surface area contributed by atoms with E-state index in [1.165, 1.54) is 7.11 Å². The van der Waals surface area contributed by atoms with E-state index < -0.39 is 11.1 Å². The molecule has 0 unspecified atom stereocenters. The van der Waals surface area contributed by atoms with Crippen LogP contribution in [0.1, 0.15) is 82.4 Å². The van der Waals surface area contributed by atoms with Crippen LogP contribution in [0.5, 0.6) is 0 Å². The second-order valence-electron chi connectivity index (χ2n) is 12.4. The highest BCUT2D eigenvalue weighted by molar-refractivity contribution is 6.00. The maximum Gasteiger partial charge on any atom is 0.311 e. The van der Waals surface area contributed by atoms with Crippen molar-refractivity contribution >= 4 is 17.6 Å². The van der Waals surface area contributed by atoms with Crippen LogP contribution in [0.2, 0.25) is 0 Å². The van der Waals surface area contributed by atoms with Gasteiger partial charge in [-0.2, -0.15) is 4.98 Å². The summed E-state index contributed by atoms with van der Waals surface area (Å²) in [7, 11) is 1.47. The van der Waals surface area contributed by atoms with Gasteiger partial charge in [0.2, 0.25) is 5.91 Å². The van der Waals surface area contributed by atoms with Gasteiger partial charge in [0.1, 0.15) is 5.67 Å². The Morgan fingerprint density at radius 3 is 2.39 bits per heavy atom. The Hall–Kier alpha value is -2.77. The molecule has 4 bridgehead atoms. The average Bonchev–Trinajstić information content (AvgIpc) is 3.61. The number of hydrogen-bond acceptors (Lipinski definition) is 6. The number of carbonyl (C=O) groups is 2. The minimum absolute atomic E-state index is 0.0353. The number of rotatable bonds is 7. The van der Waals surface area contributed by atoms with E-state index in [1.807, 2.05) is 29.2 Å². The highest BCUT2D eigenvalue weighted by Crippen LogP contribution is 2.70. The number of esters is 1. The van der Waals surface area contributed by atoms with Crippen molar-refractivity contribution in [1.82, 2.24) is 10.1 Å². The molecule has 1 amide bonds. The number of ether oxygens (including phenoxy) is 1. The highest BCUT2D eigenvalue weighted by Gasteiger charge is 2.73. The van der Waals surface area contributed by atoms with E-state index in [2.05, 4.69) is 10.1 Å². The monoisotopic (exact) mass is 493 g/mol. The summed E-state index contributed by atoms with van der Waals surface area (Å²) in [4.78, 5) is 33.0. The quantitative estimate of drug-likeness (QED) is 0.483. The molecule has 0 aliphatic heterocycles. The molecule has 0 atom stereocenters. The van der Waals surface area contributed by atoms with Crippen LogP contribution in [0.4, 0.5) is 10.1 Å². The summed E-state index contributed by atoms with van der Waals surface area (Å²) >= 11 is 0. The first-order valence-corrected chi connectivity index (χ1v) is 13.3. The van der Waals surface area contributed by atoms with E-state index >= 15 is 0 Å². The van der Waals surface area contributed by atoms with E-state index in [4.69, 9.17) is 9.26 Å². The van der Waals surface area contributed by atoms with E-state index in [-0.39, 0.29) is 22.7 Å². The van der Waals surface area contributed by atoms with Gasteiger partial charge in [-0.25, -0.2) is 4.39 Å². The maximum atomic E-state index is 14.4. The molecule has 0 radical (unpaired) electrons. The molecule has 0 spiro atoms. The fourth-order valence-electron chi connectivity index (χ4n) is 7.48. The molecule has 2 aromatic rings. The third-order valence-electron chi connectivity index (χ3n) is 9.97. The number of fused-ring (bicyclic) bond motifs is 3. The first-order chi connectivity index (χ1) is 17.3. The van der Waals surface area contributed by atoms with Crippen LogP contribution in [-0.4, -0.2) is 41.3 Å². The smallest absolute Gasteiger partial charge is 0.311 e. The second-order valence-corrected chi connectivity index (χ2v) is 12.4. The fraction of sp³-hybridized carbons (Fsp3) is 0.643. The molecule has 36 heavy (non-hydrogen) atoms. The van der Waals surface area contributed by atoms with Gasteiger partial charge < -0.3 is 14.2 Å². The largest absolute Gasteiger partial charge is 0.469 e. The molecule has 8 heteroatoms. The van der Waals surface area contributed by atoms with Gasteiger partial charge in [-0.15, -0.1) is 0 Å². The van der Waals surface area contributed by atoms with Crippen LogP contribution < -0.4 is 4.90 Å². The van der Waals surface area contributed by atoms with Crippen molar-refractivity contribution in [2.24, 2.45) is 16.2 Å². The van der Waals surface area contributed by atoms with Crippen molar-refractivity contribution < 1.29 is 23.2 Å². The fourth-order valence-corrected chi connectivity index (χ4v) is 7.48. The summed E-state index contributed by atoms with van der Waals surface area (Å²) < 4.78 is 25.1. The van der Waals surface area contributed by atoms with Crippen molar-refractivity contribution in [2.45, 2.75) is 82.2 Å². The lowest BCUT2D eigenvalue weighted by Gasteiger charge is -2.65. The SMILES string of the molecule is COC(=O)C12CCC(CN(C(=O)C34CC(F)(C3)C4)c3cccc(-c4nc(C5CC5)no4)c3)(CC1)CC2. The van der Waals surface area contributed by atoms with E-state index in [1.54, 1.807) is 0 Å². The minimum Gasteiger partial charge on any atom is -0.469 e. The zero-order chi connectivity index (χ0) is 24.8. The molecule has 7 aliphatic carbocycles. The summed E-state index contributed by atoms with van der Waals surface area (Å²) in [6.45, 7) is 0.588. The van der Waals surface area contributed by atoms with Gasteiger partial charge in [-0.1, -0.05) is 11.2 Å². The van der Waals surface area contributed by atoms with Gasteiger partial charge >= 0.3 is 5.97 Å². The van der Waals surface area contributed by atoms with E-state index in [0.717, 1.165) is 68.4 Å². The van der Waals surface area contributed by atoms with Crippen LogP contribution in [0.25, 0.3) is 11.5 Å². The average molecular weight is 494 g/mol. The molecular weight excluding hydrogens is 461 g/mol. The molecular formula is C28H32FN3O4. The summed E-state index contributed by atoms with van der Waals surface area (Å²) in [5, 5.41) is 4.14. The molecule has 0 saturated heterocycles. The normalized spacial score (nSPS) is 36.1. The Labute approximate surface area is 209 Å². The molecule has 1 aromatic heterocycles. The Morgan fingerprint density at radius 1 is 1.08 bits per heavy atom. The predicted molar refractivity (Wildman–Crippen MR) is 129 cm³/mol. The molecule has 7 saturated carbocycles. The molecule has 0 N–H and O–H groups in total. The zero-order valence-electron chi connectivity index (χ0n) is 20.7. The minimum atomic E-state index is -1.14. The number of methoxy groups -OCH3 is 1. The third kappa shape index (κ3) is 3.28. The van der Waals surface area contributed by atoms with Gasteiger partial charge in [-0.05, 0) is 94.2 Å². The van der Waals surface area contributed by atoms with Gasteiger partial charge in [0, 0.05) is 23.7 Å². The summed E-state index contributed by atoms with van der Waals surface area (Å²) in [6, 6.07) is 7.77. The van der Waals surface area contributed by atoms with Crippen molar-refractivity contribution in [3.63, 3.8) is 0 Å². The summed E-state index contributed by atoms with van der Waals surface area (Å²) in [5.41, 5.74) is -0.520. The van der Waals surface area contributed by atoms with Gasteiger partial charge in [0.05, 0.1) is 17.9 Å². The predicted octanol–water partition coefficient (Wildman–Crippen LogP) is 5.35. The number of benzene rings is 1. The molecule has 1 heterocycles. The molecule has 1 aromatic carbocycles. The van der Waals surface area contributed by atoms with Gasteiger partial charge in [-0.3, -0.25) is 9.59 Å². The zero-order valence-corrected chi connectivity index (χ0v) is 20.7. The van der Waals surface area contributed by atoms with Crippen LogP contribution in [0.15, 0.2) is 28.8 Å². The number of anilines is 1. The van der Waals surface area contributed by atoms with Gasteiger partial charge in [0.15, 0.2) is 5.82 Å². The highest BCUT2D eigenvalue weighted by atomic mass is 19.1. The van der Waals surface area contributed by atoms with Crippen molar-refractivity contribution in [2.75, 3.05) is 18.6 Å². The number of halogens is 1. The molecule has 190 valence electrons. The maximum absolute atomic E-state index is 14.4. The van der Waals surface area contributed by atoms with Crippen LogP contribution in [0, 0.1) is 16.2 Å². The van der Waals surface area contributed by atoms with Crippen molar-refractivity contribution in [3.8, 4) is 11.5 Å². The summed E-state index contributed by atoms with van der Waals surface area (Å²) in [5.74, 6) is 1.56. The Bertz CT molecular complexity index is 1210. The first kappa shape index (κ1) is 22.4. The first-order valence-electron chi connectivity index (χ1n) is 13.3. The van der Waals surface area contributed by atoms with Crippen LogP contribution >= 0.6 is 0 Å². The topological polar surface area (TPSA) is 85.5 Å². The summed E-state index contributed by atoms with van der Waals surface area (Å²) in [6.07, 6.45) is 8.26. The van der Waals surface area contributed by atoms with E-state index in [0.29, 0.717) is 37.6 Å². The van der Waals surface area contributed by atoms with Crippen LogP contribution in [0.3, 0.4) is 0 Å². The number of carbonyl (C=O) groups excluding carboxylic acids is 2. The standard InChI is InChI=1S/C28H32FN3O4/c1-35-24(34)26-10-7-25(8-11-26,9-12-26)17-32(23(33)27-14-28(29,15-27)16-27)20-4-2-3-19(13-20)22-30-21(31-36-22)18-5-6-18/h2-4,13,18H,5-12,14-17H2,1H3. The Kier molecular flexibility index (Phi) is 4.60. The number of aromatic nitrogens is 2. The van der Waals surface area contributed by atoms with Crippen LogP contribution in [-0.2, 0) is 14.3 Å². The molecule has 7 fully saturated rings. The number of nitrogens with zero attached hydrogens (tertiary/aromatic N) is 3. The second kappa shape index (κ2) is 7.39. The number of amides is 1. The lowest BCUT2D eigenvalue weighted by atomic mass is 9.41. The Morgan fingerprint density at radius 2 is 1.78 bits per heavy atom. The third-order valence-corrected chi connectivity index (χ3v) is 9.97. The molecule has 7 aliphatic rings. The van der Waals surface area contributed by atoms with Gasteiger partial charge in [0.25, 0.3) is 5.89 Å². The van der Waals surface area contributed by atoms with Crippen molar-refractivity contribution in [3.05, 3.63) is 30.1 Å². The number of hydrogen-bond donors (Lipinski definition) is 0. The molecule has 9 rings (SSSR count). The Balaban J connectivity index is 1.18. The lowest BCUT2D eigenvalue weighted by Crippen LogP contribution is -2.71. The number of alkyl halides is 1. The van der Waals surface area contributed by atoms with Crippen molar-refractivity contribution in [1.29, 1.82) is 0 Å². The molecule has 7 nitrogen and oxygen atoms in total. The lowest BCUT2D eigenvalue weighted by molar-refractivity contribution is -0.211. The van der Waals surface area contributed by atoms with E-state index in [9.17, 15) is 14.0 Å².